The first kappa shape index (κ1) is 27.9. The van der Waals surface area contributed by atoms with E-state index in [4.69, 9.17) is 16.6 Å². The third-order valence-corrected chi connectivity index (χ3v) is 9.15. The Labute approximate surface area is 247 Å². The molecule has 0 radical (unpaired) electrons. The number of benzene rings is 1. The molecule has 2 aromatic heterocycles. The van der Waals surface area contributed by atoms with E-state index < -0.39 is 5.60 Å². The topological polar surface area (TPSA) is 86.5 Å². The number of aliphatic hydroxyl groups is 1. The number of hydrogen-bond donors (Lipinski definition) is 2. The number of carbonyl (C=O) groups excluding carboxylic acids is 1. The van der Waals surface area contributed by atoms with Gasteiger partial charge in [0.25, 0.3) is 0 Å². The van der Waals surface area contributed by atoms with Crippen LogP contribution in [0.25, 0.3) is 11.6 Å². The van der Waals surface area contributed by atoms with Crippen LogP contribution < -0.4 is 5.32 Å². The molecule has 2 atom stereocenters. The van der Waals surface area contributed by atoms with E-state index in [1.54, 1.807) is 6.20 Å². The molecule has 8 nitrogen and oxygen atoms in total. The number of pyridine rings is 1. The summed E-state index contributed by atoms with van der Waals surface area (Å²) in [5.74, 6) is 0.844. The number of hydrogen-bond acceptors (Lipinski definition) is 5. The quantitative estimate of drug-likeness (QED) is 0.432. The van der Waals surface area contributed by atoms with Crippen molar-refractivity contribution in [3.63, 3.8) is 0 Å². The minimum Gasteiger partial charge on any atom is -0.384 e. The number of amides is 2. The Kier molecular flexibility index (Phi) is 7.90. The van der Waals surface area contributed by atoms with E-state index >= 15 is 0 Å². The van der Waals surface area contributed by atoms with E-state index in [2.05, 4.69) is 33.4 Å². The maximum absolute atomic E-state index is 13.1. The van der Waals surface area contributed by atoms with E-state index in [0.29, 0.717) is 30.7 Å². The van der Waals surface area contributed by atoms with Crippen LogP contribution in [-0.4, -0.2) is 73.3 Å². The van der Waals surface area contributed by atoms with Gasteiger partial charge in [0.1, 0.15) is 11.4 Å². The molecule has 1 saturated carbocycles. The van der Waals surface area contributed by atoms with Crippen LogP contribution in [0.1, 0.15) is 73.3 Å². The molecule has 0 bridgehead atoms. The molecule has 0 spiro atoms. The normalized spacial score (nSPS) is 21.3. The van der Waals surface area contributed by atoms with Gasteiger partial charge in [-0.1, -0.05) is 43.0 Å². The molecule has 2 N–H and O–H groups in total. The van der Waals surface area contributed by atoms with Crippen LogP contribution in [0.2, 0.25) is 5.02 Å². The Bertz CT molecular complexity index is 1440. The number of aryl methyl sites for hydroxylation is 1. The first-order valence-electron chi connectivity index (χ1n) is 14.8. The van der Waals surface area contributed by atoms with Crippen molar-refractivity contribution in [3.8, 4) is 0 Å². The van der Waals surface area contributed by atoms with Crippen molar-refractivity contribution < 1.29 is 9.90 Å². The number of halogens is 1. The predicted octanol–water partition coefficient (Wildman–Crippen LogP) is 5.29. The van der Waals surface area contributed by atoms with Gasteiger partial charge in [0.2, 0.25) is 0 Å². The second-order valence-corrected chi connectivity index (χ2v) is 12.3. The average molecular weight is 575 g/mol. The lowest BCUT2D eigenvalue weighted by molar-refractivity contribution is 0.101. The molecule has 1 aromatic carbocycles. The highest BCUT2D eigenvalue weighted by molar-refractivity contribution is 6.30. The zero-order valence-corrected chi connectivity index (χ0v) is 24.6. The van der Waals surface area contributed by atoms with Gasteiger partial charge >= 0.3 is 6.03 Å². The number of carbonyl (C=O) groups is 1. The molecule has 3 heterocycles. The summed E-state index contributed by atoms with van der Waals surface area (Å²) in [5, 5.41) is 15.9. The predicted molar refractivity (Wildman–Crippen MR) is 162 cm³/mol. The number of aromatic nitrogens is 3. The maximum atomic E-state index is 13.1. The van der Waals surface area contributed by atoms with Crippen molar-refractivity contribution >= 4 is 29.3 Å². The molecule has 1 saturated heterocycles. The average Bonchev–Trinajstić information content (AvgIpc) is 3.30. The van der Waals surface area contributed by atoms with E-state index in [0.717, 1.165) is 59.7 Å². The highest BCUT2D eigenvalue weighted by atomic mass is 35.5. The van der Waals surface area contributed by atoms with E-state index in [1.165, 1.54) is 19.3 Å². The van der Waals surface area contributed by atoms with Crippen molar-refractivity contribution in [1.82, 2.24) is 29.7 Å². The Morgan fingerprint density at radius 2 is 1.88 bits per heavy atom. The highest BCUT2D eigenvalue weighted by Crippen LogP contribution is 2.44. The lowest BCUT2D eigenvalue weighted by Gasteiger charge is -2.40. The van der Waals surface area contributed by atoms with Crippen LogP contribution in [0, 0.1) is 6.92 Å². The minimum atomic E-state index is -1.21. The lowest BCUT2D eigenvalue weighted by atomic mass is 9.85. The molecule has 41 heavy (non-hydrogen) atoms. The Morgan fingerprint density at radius 1 is 1.10 bits per heavy atom. The first-order chi connectivity index (χ1) is 19.8. The SMILES string of the molecule is Cc1nccn1CC(C)(O)C1=Cc2cccnc2[C@@H](N2CCN(C(=O)NC3CCCCC3)CC2)c2ccc(Cl)cc21. The van der Waals surface area contributed by atoms with Gasteiger partial charge in [0.05, 0.1) is 18.3 Å². The summed E-state index contributed by atoms with van der Waals surface area (Å²) in [6, 6.07) is 10.2. The van der Waals surface area contributed by atoms with Crippen LogP contribution in [0.4, 0.5) is 4.79 Å². The summed E-state index contributed by atoms with van der Waals surface area (Å²) in [6.45, 7) is 6.89. The van der Waals surface area contributed by atoms with Gasteiger partial charge in [-0.15, -0.1) is 0 Å². The third kappa shape index (κ3) is 5.78. The van der Waals surface area contributed by atoms with Crippen molar-refractivity contribution in [2.75, 3.05) is 26.2 Å². The molecule has 3 aromatic rings. The van der Waals surface area contributed by atoms with Gasteiger partial charge in [0, 0.05) is 55.8 Å². The Balaban J connectivity index is 1.31. The van der Waals surface area contributed by atoms with Crippen LogP contribution in [-0.2, 0) is 6.54 Å². The van der Waals surface area contributed by atoms with Gasteiger partial charge in [-0.3, -0.25) is 9.88 Å². The van der Waals surface area contributed by atoms with Gasteiger partial charge < -0.3 is 19.9 Å². The van der Waals surface area contributed by atoms with Crippen LogP contribution >= 0.6 is 11.6 Å². The molecule has 2 fully saturated rings. The van der Waals surface area contributed by atoms with Crippen LogP contribution in [0.3, 0.4) is 0 Å². The Morgan fingerprint density at radius 3 is 2.61 bits per heavy atom. The number of urea groups is 1. The van der Waals surface area contributed by atoms with E-state index in [-0.39, 0.29) is 12.1 Å². The minimum absolute atomic E-state index is 0.0536. The molecule has 1 unspecified atom stereocenters. The standard InChI is InChI=1S/C32H39ClN6O2/c1-22-34-13-14-39(22)21-32(2,41)28-19-23-7-6-12-35-29(23)30(26-11-10-24(33)20-27(26)28)37-15-17-38(18-16-37)31(40)36-25-8-4-3-5-9-25/h6-7,10-14,19-20,25,30,41H,3-5,8-9,15-18,21H2,1-2H3,(H,36,40)/t30-,32?/m0/s1. The lowest BCUT2D eigenvalue weighted by Crippen LogP contribution is -2.54. The fraction of sp³-hybridized carbons (Fsp3) is 0.469. The Hall–Kier alpha value is -3.20. The van der Waals surface area contributed by atoms with Gasteiger partial charge in [-0.05, 0) is 73.2 Å². The summed E-state index contributed by atoms with van der Waals surface area (Å²) in [5.41, 5.74) is 3.48. The highest BCUT2D eigenvalue weighted by Gasteiger charge is 2.38. The van der Waals surface area contributed by atoms with E-state index in [1.807, 2.05) is 53.9 Å². The first-order valence-corrected chi connectivity index (χ1v) is 15.1. The second kappa shape index (κ2) is 11.6. The van der Waals surface area contributed by atoms with Crippen molar-refractivity contribution in [2.45, 2.75) is 70.2 Å². The number of nitrogens with zero attached hydrogens (tertiary/aromatic N) is 5. The van der Waals surface area contributed by atoms with Gasteiger partial charge in [-0.25, -0.2) is 9.78 Å². The molecular weight excluding hydrogens is 536 g/mol. The van der Waals surface area contributed by atoms with Crippen molar-refractivity contribution in [1.29, 1.82) is 0 Å². The number of nitrogens with one attached hydrogen (secondary N) is 1. The number of rotatable bonds is 5. The summed E-state index contributed by atoms with van der Waals surface area (Å²) in [4.78, 5) is 26.7. The number of fused-ring (bicyclic) bond motifs is 2. The molecule has 3 aliphatic rings. The number of imidazole rings is 1. The molecule has 2 amide bonds. The van der Waals surface area contributed by atoms with Gasteiger partial charge in [0.15, 0.2) is 0 Å². The third-order valence-electron chi connectivity index (χ3n) is 8.91. The maximum Gasteiger partial charge on any atom is 0.317 e. The summed E-state index contributed by atoms with van der Waals surface area (Å²) < 4.78 is 1.97. The van der Waals surface area contributed by atoms with Gasteiger partial charge in [-0.2, -0.15) is 0 Å². The van der Waals surface area contributed by atoms with Crippen molar-refractivity contribution in [3.05, 3.63) is 82.2 Å². The molecule has 216 valence electrons. The smallest absolute Gasteiger partial charge is 0.317 e. The van der Waals surface area contributed by atoms with Crippen molar-refractivity contribution in [2.24, 2.45) is 0 Å². The molecule has 1 aliphatic heterocycles. The summed E-state index contributed by atoms with van der Waals surface area (Å²) >= 11 is 6.59. The monoisotopic (exact) mass is 574 g/mol. The zero-order chi connectivity index (χ0) is 28.6. The largest absolute Gasteiger partial charge is 0.384 e. The summed E-state index contributed by atoms with van der Waals surface area (Å²) in [6.07, 6.45) is 13.4. The number of piperazine rings is 1. The molecule has 6 rings (SSSR count). The van der Waals surface area contributed by atoms with Crippen LogP contribution in [0.5, 0.6) is 0 Å². The van der Waals surface area contributed by atoms with E-state index in [9.17, 15) is 9.90 Å². The fourth-order valence-corrected chi connectivity index (χ4v) is 6.83. The molecular formula is C32H39ClN6O2. The second-order valence-electron chi connectivity index (χ2n) is 11.9. The van der Waals surface area contributed by atoms with Crippen LogP contribution in [0.15, 0.2) is 48.9 Å². The zero-order valence-electron chi connectivity index (χ0n) is 23.9. The summed E-state index contributed by atoms with van der Waals surface area (Å²) in [7, 11) is 0. The molecule has 9 heteroatoms. The molecule has 2 aliphatic carbocycles. The fourth-order valence-electron chi connectivity index (χ4n) is 6.66.